The summed E-state index contributed by atoms with van der Waals surface area (Å²) in [6.45, 7) is 5.03. The molecule has 1 N–H and O–H groups in total. The van der Waals surface area contributed by atoms with Crippen molar-refractivity contribution in [3.63, 3.8) is 0 Å². The smallest absolute Gasteiger partial charge is 0.311 e. The molecule has 0 amide bonds. The lowest BCUT2D eigenvalue weighted by Crippen LogP contribution is -2.52. The average molecular weight is 800 g/mol. The van der Waals surface area contributed by atoms with Gasteiger partial charge in [0.1, 0.15) is 23.1 Å². The maximum atomic E-state index is 14.4. The largest absolute Gasteiger partial charge is 0.487 e. The van der Waals surface area contributed by atoms with Crippen molar-refractivity contribution >= 4 is 69.1 Å². The molecule has 0 saturated carbocycles. The summed E-state index contributed by atoms with van der Waals surface area (Å²) in [5.41, 5.74) is 2.13. The van der Waals surface area contributed by atoms with Gasteiger partial charge in [0.15, 0.2) is 11.7 Å². The molecule has 49 heavy (non-hydrogen) atoms. The van der Waals surface area contributed by atoms with E-state index in [0.29, 0.717) is 78.8 Å². The second kappa shape index (κ2) is 17.7. The van der Waals surface area contributed by atoms with Crippen molar-refractivity contribution in [3.05, 3.63) is 121 Å². The van der Waals surface area contributed by atoms with Crippen LogP contribution in [0.15, 0.2) is 77.8 Å². The number of piperazine rings is 1. The molecule has 0 atom stereocenters. The van der Waals surface area contributed by atoms with Gasteiger partial charge in [0, 0.05) is 72.2 Å². The number of nitro benzene ring substituents is 1. The van der Waals surface area contributed by atoms with Crippen LogP contribution in [-0.4, -0.2) is 55.1 Å². The highest BCUT2D eigenvalue weighted by Gasteiger charge is 2.23. The van der Waals surface area contributed by atoms with Crippen molar-refractivity contribution in [1.29, 1.82) is 0 Å². The minimum Gasteiger partial charge on any atom is -0.487 e. The molecule has 1 saturated heterocycles. The van der Waals surface area contributed by atoms with Crippen LogP contribution in [0.5, 0.6) is 17.2 Å². The Morgan fingerprint density at radius 3 is 2.39 bits per heavy atom. The maximum Gasteiger partial charge on any atom is 0.311 e. The Balaban J connectivity index is 0.00000541. The first-order valence-corrected chi connectivity index (χ1v) is 16.3. The van der Waals surface area contributed by atoms with Crippen LogP contribution in [0, 0.1) is 21.7 Å². The van der Waals surface area contributed by atoms with Gasteiger partial charge in [-0.15, -0.1) is 17.0 Å². The lowest BCUT2D eigenvalue weighted by molar-refractivity contribution is -0.385. The Morgan fingerprint density at radius 2 is 1.69 bits per heavy atom. The minimum absolute atomic E-state index is 0. The Kier molecular flexibility index (Phi) is 13.7. The van der Waals surface area contributed by atoms with E-state index in [1.807, 2.05) is 6.07 Å². The molecule has 0 spiro atoms. The van der Waals surface area contributed by atoms with E-state index in [-0.39, 0.29) is 40.0 Å². The number of nitrogens with zero attached hydrogens (tertiary/aromatic N) is 4. The van der Waals surface area contributed by atoms with E-state index in [0.717, 1.165) is 11.3 Å². The third kappa shape index (κ3) is 10.1. The van der Waals surface area contributed by atoms with Crippen molar-refractivity contribution in [2.75, 3.05) is 44.2 Å². The molecule has 0 radical (unpaired) electrons. The number of benzene rings is 4. The van der Waals surface area contributed by atoms with Gasteiger partial charge in [0.05, 0.1) is 23.1 Å². The first kappa shape index (κ1) is 38.0. The predicted octanol–water partition coefficient (Wildman–Crippen LogP) is 9.11. The molecule has 0 aliphatic carbocycles. The van der Waals surface area contributed by atoms with E-state index >= 15 is 0 Å². The number of ether oxygens (including phenoxy) is 2. The summed E-state index contributed by atoms with van der Waals surface area (Å²) in [6, 6.07) is 18.3. The van der Waals surface area contributed by atoms with Crippen LogP contribution < -0.4 is 19.7 Å². The summed E-state index contributed by atoms with van der Waals surface area (Å²) in [6.07, 6.45) is 0.595. The summed E-state index contributed by atoms with van der Waals surface area (Å²) in [5, 5.41) is 15.9. The van der Waals surface area contributed by atoms with Crippen LogP contribution >= 0.6 is 51.8 Å². The van der Waals surface area contributed by atoms with Gasteiger partial charge >= 0.3 is 5.69 Å². The van der Waals surface area contributed by atoms with E-state index in [1.54, 1.807) is 31.2 Å². The van der Waals surface area contributed by atoms with Gasteiger partial charge in [0.25, 0.3) is 0 Å². The SMILES string of the molecule is Br.CCOc1cc(N2CCN(C(=NCc3cc(F)ccc3Oc3ccc(F)c(Cl)c3)NCCc3ccc(Cl)cc3Cl)CC2)ccc1[N+](=O)[O-]. The fourth-order valence-electron chi connectivity index (χ4n) is 5.20. The highest BCUT2D eigenvalue weighted by molar-refractivity contribution is 8.93. The number of rotatable bonds is 11. The van der Waals surface area contributed by atoms with E-state index in [2.05, 4.69) is 15.1 Å². The maximum absolute atomic E-state index is 14.4. The lowest BCUT2D eigenvalue weighted by Gasteiger charge is -2.38. The molecule has 1 heterocycles. The monoisotopic (exact) mass is 797 g/mol. The highest BCUT2D eigenvalue weighted by atomic mass is 79.9. The molecule has 15 heteroatoms. The number of nitro groups is 1. The average Bonchev–Trinajstić information content (AvgIpc) is 3.06. The van der Waals surface area contributed by atoms with Gasteiger partial charge in [-0.05, 0) is 67.4 Å². The molecule has 1 aliphatic heterocycles. The first-order chi connectivity index (χ1) is 23.1. The molecule has 0 aromatic heterocycles. The molecule has 1 aliphatic rings. The number of anilines is 1. The topological polar surface area (TPSA) is 92.5 Å². The van der Waals surface area contributed by atoms with E-state index < -0.39 is 16.6 Å². The second-order valence-corrected chi connectivity index (χ2v) is 12.0. The van der Waals surface area contributed by atoms with Crippen molar-refractivity contribution in [2.45, 2.75) is 19.9 Å². The fourth-order valence-corrected chi connectivity index (χ4v) is 5.87. The Hall–Kier alpha value is -3.84. The van der Waals surface area contributed by atoms with Gasteiger partial charge in [-0.25, -0.2) is 13.8 Å². The molecule has 0 unspecified atom stereocenters. The van der Waals surface area contributed by atoms with Gasteiger partial charge in [-0.1, -0.05) is 40.9 Å². The summed E-state index contributed by atoms with van der Waals surface area (Å²) in [5.74, 6) is 0.433. The Bertz CT molecular complexity index is 1810. The molecule has 0 bridgehead atoms. The van der Waals surface area contributed by atoms with Crippen LogP contribution in [0.2, 0.25) is 15.1 Å². The number of aliphatic imine (C=N–C) groups is 1. The van der Waals surface area contributed by atoms with Crippen molar-refractivity contribution < 1.29 is 23.2 Å². The zero-order valence-corrected chi connectivity index (χ0v) is 30.3. The molecule has 9 nitrogen and oxygen atoms in total. The molecule has 4 aromatic rings. The van der Waals surface area contributed by atoms with Crippen molar-refractivity contribution in [2.24, 2.45) is 4.99 Å². The number of hydrogen-bond acceptors (Lipinski definition) is 6. The van der Waals surface area contributed by atoms with Gasteiger partial charge in [-0.2, -0.15) is 0 Å². The number of nitrogens with one attached hydrogen (secondary N) is 1. The summed E-state index contributed by atoms with van der Waals surface area (Å²) < 4.78 is 39.6. The molecule has 260 valence electrons. The molecular weight excluding hydrogens is 767 g/mol. The third-order valence-corrected chi connectivity index (χ3v) is 8.49. The summed E-state index contributed by atoms with van der Waals surface area (Å²) in [7, 11) is 0. The summed E-state index contributed by atoms with van der Waals surface area (Å²) in [4.78, 5) is 20.1. The number of hydrogen-bond donors (Lipinski definition) is 1. The Morgan fingerprint density at radius 1 is 0.918 bits per heavy atom. The van der Waals surface area contributed by atoms with E-state index in [9.17, 15) is 18.9 Å². The fraction of sp³-hybridized carbons (Fsp3) is 0.265. The van der Waals surface area contributed by atoms with Crippen molar-refractivity contribution in [3.8, 4) is 17.2 Å². The number of guanidine groups is 1. The van der Waals surface area contributed by atoms with Crippen LogP contribution in [0.3, 0.4) is 0 Å². The van der Waals surface area contributed by atoms with Crippen molar-refractivity contribution in [1.82, 2.24) is 10.2 Å². The normalized spacial score (nSPS) is 13.1. The predicted molar refractivity (Wildman–Crippen MR) is 196 cm³/mol. The quantitative estimate of drug-likeness (QED) is 0.0701. The highest BCUT2D eigenvalue weighted by Crippen LogP contribution is 2.33. The third-order valence-electron chi connectivity index (χ3n) is 7.62. The van der Waals surface area contributed by atoms with E-state index in [1.165, 1.54) is 42.5 Å². The lowest BCUT2D eigenvalue weighted by atomic mass is 10.1. The summed E-state index contributed by atoms with van der Waals surface area (Å²) >= 11 is 18.4. The van der Waals surface area contributed by atoms with Crippen LogP contribution in [0.4, 0.5) is 20.2 Å². The Labute approximate surface area is 308 Å². The second-order valence-electron chi connectivity index (χ2n) is 10.8. The van der Waals surface area contributed by atoms with Crippen LogP contribution in [-0.2, 0) is 13.0 Å². The minimum atomic E-state index is -0.577. The molecule has 1 fully saturated rings. The van der Waals surface area contributed by atoms with Gasteiger partial charge in [-0.3, -0.25) is 10.1 Å². The molecule has 5 rings (SSSR count). The number of halogens is 6. The molecular formula is C34H33BrCl3F2N5O4. The first-order valence-electron chi connectivity index (χ1n) is 15.2. The van der Waals surface area contributed by atoms with Crippen LogP contribution in [0.25, 0.3) is 0 Å². The van der Waals surface area contributed by atoms with Gasteiger partial charge in [0.2, 0.25) is 0 Å². The van der Waals surface area contributed by atoms with Gasteiger partial charge < -0.3 is 24.6 Å². The molecule has 4 aromatic carbocycles. The zero-order chi connectivity index (χ0) is 34.2. The van der Waals surface area contributed by atoms with Crippen LogP contribution in [0.1, 0.15) is 18.1 Å². The standard InChI is InChI=1S/C34H32Cl3F2N5O4.BrH/c1-2-47-33-19-26(6-9-31(33)44(45)46)42-13-15-43(16-14-42)34(40-12-11-22-3-4-24(35)18-28(22)36)41-21-23-17-25(38)5-10-32(23)48-27-7-8-30(39)29(37)20-27;/h3-10,17-20H,2,11-16,21H2,1H3,(H,40,41);1H. The zero-order valence-electron chi connectivity index (χ0n) is 26.3. The van der Waals surface area contributed by atoms with E-state index in [4.69, 9.17) is 49.3 Å².